The maximum absolute atomic E-state index is 13.3. The van der Waals surface area contributed by atoms with Crippen molar-refractivity contribution < 1.29 is 12.8 Å². The van der Waals surface area contributed by atoms with E-state index in [1.165, 1.54) is 17.7 Å². The second-order valence-electron chi connectivity index (χ2n) is 8.17. The third-order valence-corrected chi connectivity index (χ3v) is 8.25. The highest BCUT2D eigenvalue weighted by atomic mass is 32.2. The number of sulfonamides is 1. The molecule has 2 aromatic carbocycles. The third-order valence-electron chi connectivity index (χ3n) is 6.37. The number of nitrogens with two attached hydrogens (primary N) is 1. The molecular formula is C23H23FN4O2S. The predicted molar refractivity (Wildman–Crippen MR) is 118 cm³/mol. The van der Waals surface area contributed by atoms with Crippen molar-refractivity contribution in [1.29, 1.82) is 0 Å². The van der Waals surface area contributed by atoms with Crippen molar-refractivity contribution in [3.05, 3.63) is 77.4 Å². The number of piperidine rings is 1. The fraction of sp³-hybridized carbons (Fsp3) is 0.261. The Morgan fingerprint density at radius 2 is 1.81 bits per heavy atom. The quantitative estimate of drug-likeness (QED) is 0.631. The Hall–Kier alpha value is -2.97. The summed E-state index contributed by atoms with van der Waals surface area (Å²) in [5.41, 5.74) is 10.3. The highest BCUT2D eigenvalue weighted by molar-refractivity contribution is 7.89. The standard InChI is InChI=1S/C23H23FN4O2S/c1-15-21-13-26-28(19-6-2-17(24)3-7-19)23(21)12-16-10-11-27(14-22(15)16)31(29,30)20-8-4-18(25)5-9-20/h2-9,12-13,15,22H,10-11,14,25H2,1H3/t15-,22-/m0/s1. The number of hydrogen-bond acceptors (Lipinski definition) is 4. The molecule has 0 amide bonds. The molecule has 0 bridgehead atoms. The first-order valence-corrected chi connectivity index (χ1v) is 11.7. The molecule has 2 N–H and O–H groups in total. The van der Waals surface area contributed by atoms with Crippen LogP contribution in [0.3, 0.4) is 0 Å². The van der Waals surface area contributed by atoms with Crippen LogP contribution in [0.1, 0.15) is 30.5 Å². The first-order chi connectivity index (χ1) is 14.8. The lowest BCUT2D eigenvalue weighted by molar-refractivity contribution is 0.299. The van der Waals surface area contributed by atoms with Crippen molar-refractivity contribution in [2.75, 3.05) is 18.8 Å². The first kappa shape index (κ1) is 20.0. The summed E-state index contributed by atoms with van der Waals surface area (Å²) in [5, 5.41) is 4.54. The molecule has 5 rings (SSSR count). The smallest absolute Gasteiger partial charge is 0.243 e. The molecule has 8 heteroatoms. The van der Waals surface area contributed by atoms with E-state index in [1.807, 2.05) is 10.9 Å². The summed E-state index contributed by atoms with van der Waals surface area (Å²) in [5.74, 6) is -0.0736. The molecule has 1 aliphatic carbocycles. The summed E-state index contributed by atoms with van der Waals surface area (Å²) < 4.78 is 43.0. The van der Waals surface area contributed by atoms with Gasteiger partial charge in [-0.1, -0.05) is 12.5 Å². The van der Waals surface area contributed by atoms with Gasteiger partial charge in [0.05, 0.1) is 22.5 Å². The van der Waals surface area contributed by atoms with Crippen LogP contribution in [0.25, 0.3) is 11.8 Å². The van der Waals surface area contributed by atoms with Crippen molar-refractivity contribution in [3.63, 3.8) is 0 Å². The van der Waals surface area contributed by atoms with Crippen molar-refractivity contribution >= 4 is 21.8 Å². The van der Waals surface area contributed by atoms with E-state index in [1.54, 1.807) is 40.7 Å². The van der Waals surface area contributed by atoms with Crippen LogP contribution in [0, 0.1) is 11.7 Å². The molecule has 0 spiro atoms. The summed E-state index contributed by atoms with van der Waals surface area (Å²) in [7, 11) is -3.58. The van der Waals surface area contributed by atoms with Crippen LogP contribution in [0.2, 0.25) is 0 Å². The van der Waals surface area contributed by atoms with Crippen LogP contribution in [0.5, 0.6) is 0 Å². The van der Waals surface area contributed by atoms with Crippen LogP contribution >= 0.6 is 0 Å². The van der Waals surface area contributed by atoms with E-state index in [4.69, 9.17) is 5.73 Å². The summed E-state index contributed by atoms with van der Waals surface area (Å²) in [4.78, 5) is 0.266. The lowest BCUT2D eigenvalue weighted by atomic mass is 9.75. The van der Waals surface area contributed by atoms with Gasteiger partial charge in [-0.2, -0.15) is 9.40 Å². The van der Waals surface area contributed by atoms with Gasteiger partial charge in [0.25, 0.3) is 0 Å². The number of anilines is 1. The van der Waals surface area contributed by atoms with Gasteiger partial charge in [-0.25, -0.2) is 17.5 Å². The van der Waals surface area contributed by atoms with Gasteiger partial charge in [-0.3, -0.25) is 0 Å². The minimum atomic E-state index is -3.58. The van der Waals surface area contributed by atoms with Gasteiger partial charge in [-0.05, 0) is 66.9 Å². The highest BCUT2D eigenvalue weighted by Gasteiger charge is 2.38. The number of hydrogen-bond donors (Lipinski definition) is 1. The fourth-order valence-corrected chi connectivity index (χ4v) is 6.05. The Morgan fingerprint density at radius 3 is 2.52 bits per heavy atom. The summed E-state index contributed by atoms with van der Waals surface area (Å²) in [6.07, 6.45) is 4.63. The topological polar surface area (TPSA) is 81.2 Å². The van der Waals surface area contributed by atoms with Crippen LogP contribution in [-0.4, -0.2) is 35.6 Å². The minimum absolute atomic E-state index is 0.0932. The number of rotatable bonds is 3. The number of aromatic nitrogens is 2. The SMILES string of the molecule is C[C@H]1c2cnn(-c3ccc(F)cc3)c2C=C2CCN(S(=O)(=O)c3ccc(N)cc3)C[C@H]21. The number of halogens is 1. The lowest BCUT2D eigenvalue weighted by Crippen LogP contribution is -2.43. The summed E-state index contributed by atoms with van der Waals surface area (Å²) >= 11 is 0. The van der Waals surface area contributed by atoms with E-state index >= 15 is 0 Å². The molecule has 0 radical (unpaired) electrons. The molecule has 1 aliphatic heterocycles. The zero-order chi connectivity index (χ0) is 21.8. The summed E-state index contributed by atoms with van der Waals surface area (Å²) in [6.45, 7) is 2.98. The van der Waals surface area contributed by atoms with E-state index < -0.39 is 10.0 Å². The largest absolute Gasteiger partial charge is 0.399 e. The first-order valence-electron chi connectivity index (χ1n) is 10.2. The van der Waals surface area contributed by atoms with Gasteiger partial charge in [0.15, 0.2) is 0 Å². The molecule has 2 aliphatic rings. The van der Waals surface area contributed by atoms with Gasteiger partial charge < -0.3 is 5.73 Å². The van der Waals surface area contributed by atoms with Gasteiger partial charge in [0, 0.05) is 30.3 Å². The molecule has 1 fully saturated rings. The number of fused-ring (bicyclic) bond motifs is 2. The molecule has 2 atom stereocenters. The maximum atomic E-state index is 13.3. The van der Waals surface area contributed by atoms with E-state index in [0.717, 1.165) is 16.9 Å². The minimum Gasteiger partial charge on any atom is -0.399 e. The molecule has 31 heavy (non-hydrogen) atoms. The fourth-order valence-electron chi connectivity index (χ4n) is 4.58. The van der Waals surface area contributed by atoms with Crippen LogP contribution in [-0.2, 0) is 10.0 Å². The normalized spacial score (nSPS) is 21.3. The van der Waals surface area contributed by atoms with Crippen molar-refractivity contribution in [3.8, 4) is 5.69 Å². The molecule has 1 saturated heterocycles. The molecule has 160 valence electrons. The number of nitrogen functional groups attached to an aromatic ring is 1. The Bertz CT molecular complexity index is 1260. The van der Waals surface area contributed by atoms with E-state index in [2.05, 4.69) is 18.1 Å². The molecule has 0 unspecified atom stereocenters. The number of benzene rings is 2. The average Bonchev–Trinajstić information content (AvgIpc) is 3.18. The summed E-state index contributed by atoms with van der Waals surface area (Å²) in [6, 6.07) is 12.6. The van der Waals surface area contributed by atoms with E-state index in [9.17, 15) is 12.8 Å². The molecule has 6 nitrogen and oxygen atoms in total. The Morgan fingerprint density at radius 1 is 1.10 bits per heavy atom. The molecule has 3 aromatic rings. The second-order valence-corrected chi connectivity index (χ2v) is 10.1. The molecule has 0 saturated carbocycles. The molecular weight excluding hydrogens is 415 g/mol. The average molecular weight is 439 g/mol. The highest BCUT2D eigenvalue weighted by Crippen LogP contribution is 2.43. The molecule has 2 heterocycles. The van der Waals surface area contributed by atoms with Crippen LogP contribution in [0.4, 0.5) is 10.1 Å². The second kappa shape index (κ2) is 7.32. The molecule has 1 aromatic heterocycles. The zero-order valence-corrected chi connectivity index (χ0v) is 17.9. The van der Waals surface area contributed by atoms with Gasteiger partial charge >= 0.3 is 0 Å². The number of nitrogens with zero attached hydrogens (tertiary/aromatic N) is 3. The van der Waals surface area contributed by atoms with E-state index in [-0.39, 0.29) is 22.5 Å². The van der Waals surface area contributed by atoms with Crippen molar-refractivity contribution in [1.82, 2.24) is 14.1 Å². The van der Waals surface area contributed by atoms with Gasteiger partial charge in [-0.15, -0.1) is 0 Å². The Kier molecular flexibility index (Phi) is 4.71. The zero-order valence-electron chi connectivity index (χ0n) is 17.1. The van der Waals surface area contributed by atoms with Gasteiger partial charge in [0.2, 0.25) is 10.0 Å². The monoisotopic (exact) mass is 438 g/mol. The van der Waals surface area contributed by atoms with Crippen LogP contribution < -0.4 is 5.73 Å². The Balaban J connectivity index is 1.45. The van der Waals surface area contributed by atoms with Gasteiger partial charge in [0.1, 0.15) is 5.82 Å². The lowest BCUT2D eigenvalue weighted by Gasteiger charge is -2.39. The van der Waals surface area contributed by atoms with E-state index in [0.29, 0.717) is 25.2 Å². The third kappa shape index (κ3) is 3.36. The Labute approximate surface area is 180 Å². The maximum Gasteiger partial charge on any atom is 0.243 e. The predicted octanol–water partition coefficient (Wildman–Crippen LogP) is 3.80. The van der Waals surface area contributed by atoms with Crippen molar-refractivity contribution in [2.24, 2.45) is 5.92 Å². The van der Waals surface area contributed by atoms with Crippen LogP contribution in [0.15, 0.2) is 65.2 Å². The van der Waals surface area contributed by atoms with Crippen molar-refractivity contribution in [2.45, 2.75) is 24.2 Å².